The van der Waals surface area contributed by atoms with Crippen LogP contribution in [-0.4, -0.2) is 28.9 Å². The molecule has 0 amide bonds. The molecule has 0 unspecified atom stereocenters. The van der Waals surface area contributed by atoms with Crippen molar-refractivity contribution in [3.05, 3.63) is 52.6 Å². The van der Waals surface area contributed by atoms with Gasteiger partial charge in [0.15, 0.2) is 6.29 Å². The van der Waals surface area contributed by atoms with Crippen LogP contribution in [0.15, 0.2) is 30.7 Å². The molecule has 1 heterocycles. The Kier molecular flexibility index (Phi) is 3.97. The lowest BCUT2D eigenvalue weighted by molar-refractivity contribution is 0.0600. The van der Waals surface area contributed by atoms with Gasteiger partial charge in [0.2, 0.25) is 0 Å². The first kappa shape index (κ1) is 13.3. The van der Waals surface area contributed by atoms with E-state index in [9.17, 15) is 9.59 Å². The zero-order valence-corrected chi connectivity index (χ0v) is 10.9. The maximum Gasteiger partial charge on any atom is 0.339 e. The molecule has 0 aliphatic rings. The van der Waals surface area contributed by atoms with Crippen molar-refractivity contribution in [2.75, 3.05) is 7.11 Å². The number of carbonyl (C=O) groups excluding carboxylic acids is 2. The number of hydrogen-bond acceptors (Lipinski definition) is 4. The van der Waals surface area contributed by atoms with Crippen LogP contribution < -0.4 is 0 Å². The van der Waals surface area contributed by atoms with E-state index in [1.807, 2.05) is 0 Å². The van der Waals surface area contributed by atoms with E-state index in [0.29, 0.717) is 29.1 Å². The smallest absolute Gasteiger partial charge is 0.339 e. The Bertz CT molecular complexity index is 622. The average Bonchev–Trinajstić information content (AvgIpc) is 2.88. The summed E-state index contributed by atoms with van der Waals surface area (Å²) in [7, 11) is 1.30. The number of imidazole rings is 1. The van der Waals surface area contributed by atoms with Crippen LogP contribution in [-0.2, 0) is 11.3 Å². The van der Waals surface area contributed by atoms with Crippen molar-refractivity contribution in [2.24, 2.45) is 0 Å². The Morgan fingerprint density at radius 1 is 1.53 bits per heavy atom. The zero-order chi connectivity index (χ0) is 13.8. The summed E-state index contributed by atoms with van der Waals surface area (Å²) in [6.45, 7) is 0.421. The summed E-state index contributed by atoms with van der Waals surface area (Å²) in [5.74, 6) is -0.480. The third-order valence-corrected chi connectivity index (χ3v) is 3.06. The lowest BCUT2D eigenvalue weighted by Crippen LogP contribution is -2.05. The number of benzene rings is 1. The van der Waals surface area contributed by atoms with Gasteiger partial charge in [0.05, 0.1) is 30.6 Å². The van der Waals surface area contributed by atoms with Crippen molar-refractivity contribution in [3.8, 4) is 0 Å². The number of halogens is 1. The number of esters is 1. The molecular weight excluding hydrogens is 268 g/mol. The quantitative estimate of drug-likeness (QED) is 0.635. The fourth-order valence-corrected chi connectivity index (χ4v) is 1.95. The van der Waals surface area contributed by atoms with Crippen molar-refractivity contribution < 1.29 is 14.3 Å². The maximum absolute atomic E-state index is 11.5. The Hall–Kier alpha value is -2.14. The highest BCUT2D eigenvalue weighted by atomic mass is 35.5. The molecule has 0 saturated carbocycles. The number of rotatable bonds is 4. The van der Waals surface area contributed by atoms with Crippen LogP contribution in [0.3, 0.4) is 0 Å². The van der Waals surface area contributed by atoms with Crippen LogP contribution in [0.5, 0.6) is 0 Å². The molecule has 1 aromatic heterocycles. The fourth-order valence-electron chi connectivity index (χ4n) is 1.69. The van der Waals surface area contributed by atoms with Crippen LogP contribution >= 0.6 is 11.6 Å². The number of carbonyl (C=O) groups is 2. The van der Waals surface area contributed by atoms with Crippen molar-refractivity contribution >= 4 is 23.9 Å². The second-order valence-corrected chi connectivity index (χ2v) is 4.24. The molecule has 98 valence electrons. The van der Waals surface area contributed by atoms with E-state index < -0.39 is 5.97 Å². The van der Waals surface area contributed by atoms with E-state index in [2.05, 4.69) is 9.72 Å². The van der Waals surface area contributed by atoms with Gasteiger partial charge in [-0.1, -0.05) is 23.7 Å². The first-order chi connectivity index (χ1) is 9.15. The van der Waals surface area contributed by atoms with Crippen LogP contribution in [0.2, 0.25) is 5.02 Å². The van der Waals surface area contributed by atoms with Crippen LogP contribution in [0.25, 0.3) is 0 Å². The molecule has 2 aromatic rings. The Labute approximate surface area is 114 Å². The monoisotopic (exact) mass is 278 g/mol. The summed E-state index contributed by atoms with van der Waals surface area (Å²) in [5.41, 5.74) is 1.41. The number of nitrogens with zero attached hydrogens (tertiary/aromatic N) is 2. The van der Waals surface area contributed by atoms with Gasteiger partial charge in [0.1, 0.15) is 5.69 Å². The lowest BCUT2D eigenvalue weighted by Gasteiger charge is -2.08. The van der Waals surface area contributed by atoms with Gasteiger partial charge in [-0.25, -0.2) is 9.78 Å². The average molecular weight is 279 g/mol. The molecule has 5 nitrogen and oxygen atoms in total. The molecule has 0 radical (unpaired) electrons. The minimum Gasteiger partial charge on any atom is -0.465 e. The Morgan fingerprint density at radius 3 is 2.95 bits per heavy atom. The molecule has 19 heavy (non-hydrogen) atoms. The van der Waals surface area contributed by atoms with Crippen LogP contribution in [0.4, 0.5) is 0 Å². The van der Waals surface area contributed by atoms with Gasteiger partial charge >= 0.3 is 5.97 Å². The first-order valence-corrected chi connectivity index (χ1v) is 5.86. The van der Waals surface area contributed by atoms with Gasteiger partial charge < -0.3 is 9.30 Å². The highest BCUT2D eigenvalue weighted by Crippen LogP contribution is 2.22. The Morgan fingerprint density at radius 2 is 2.32 bits per heavy atom. The topological polar surface area (TPSA) is 61.2 Å². The molecule has 0 N–H and O–H groups in total. The summed E-state index contributed by atoms with van der Waals surface area (Å²) >= 11 is 6.17. The van der Waals surface area contributed by atoms with Gasteiger partial charge in [0, 0.05) is 6.20 Å². The predicted molar refractivity (Wildman–Crippen MR) is 69.5 cm³/mol. The number of aldehydes is 1. The summed E-state index contributed by atoms with van der Waals surface area (Å²) in [6, 6.07) is 5.13. The molecule has 0 spiro atoms. The summed E-state index contributed by atoms with van der Waals surface area (Å²) in [5, 5.41) is 0.343. The van der Waals surface area contributed by atoms with Crippen molar-refractivity contribution in [3.63, 3.8) is 0 Å². The molecule has 0 atom stereocenters. The third-order valence-electron chi connectivity index (χ3n) is 2.61. The van der Waals surface area contributed by atoms with E-state index in [1.54, 1.807) is 29.0 Å². The van der Waals surface area contributed by atoms with Crippen molar-refractivity contribution in [1.29, 1.82) is 0 Å². The van der Waals surface area contributed by atoms with E-state index in [-0.39, 0.29) is 0 Å². The third kappa shape index (κ3) is 2.82. The standard InChI is InChI=1S/C13H11ClN2O3/c1-19-13(18)11-4-2-3-9(12(11)14)5-16-6-10(7-17)15-8-16/h2-4,6-8H,5H2,1H3. The predicted octanol–water partition coefficient (Wildman–Crippen LogP) is 2.18. The zero-order valence-electron chi connectivity index (χ0n) is 10.2. The molecule has 0 saturated heterocycles. The minimum atomic E-state index is -0.480. The van der Waals surface area contributed by atoms with Gasteiger partial charge in [0.25, 0.3) is 0 Å². The lowest BCUT2D eigenvalue weighted by atomic mass is 10.1. The van der Waals surface area contributed by atoms with Gasteiger partial charge in [-0.2, -0.15) is 0 Å². The molecule has 1 aromatic carbocycles. The molecule has 0 aliphatic carbocycles. The fraction of sp³-hybridized carbons (Fsp3) is 0.154. The highest BCUT2D eigenvalue weighted by molar-refractivity contribution is 6.34. The first-order valence-electron chi connectivity index (χ1n) is 5.48. The molecule has 0 bridgehead atoms. The van der Waals surface area contributed by atoms with Gasteiger partial charge in [-0.05, 0) is 11.6 Å². The van der Waals surface area contributed by atoms with Crippen LogP contribution in [0, 0.1) is 0 Å². The van der Waals surface area contributed by atoms with Crippen molar-refractivity contribution in [1.82, 2.24) is 9.55 Å². The van der Waals surface area contributed by atoms with Crippen LogP contribution in [0.1, 0.15) is 26.4 Å². The van der Waals surface area contributed by atoms with Gasteiger partial charge in [-0.15, -0.1) is 0 Å². The molecule has 2 rings (SSSR count). The second-order valence-electron chi connectivity index (χ2n) is 3.86. The summed E-state index contributed by atoms with van der Waals surface area (Å²) in [6.07, 6.45) is 3.81. The number of methoxy groups -OCH3 is 1. The second kappa shape index (κ2) is 5.67. The van der Waals surface area contributed by atoms with E-state index in [0.717, 1.165) is 5.56 Å². The Balaban J connectivity index is 2.30. The molecular formula is C13H11ClN2O3. The van der Waals surface area contributed by atoms with E-state index in [1.165, 1.54) is 13.4 Å². The molecule has 6 heteroatoms. The normalized spacial score (nSPS) is 10.2. The summed E-state index contributed by atoms with van der Waals surface area (Å²) in [4.78, 5) is 26.0. The highest BCUT2D eigenvalue weighted by Gasteiger charge is 2.13. The van der Waals surface area contributed by atoms with E-state index in [4.69, 9.17) is 11.6 Å². The largest absolute Gasteiger partial charge is 0.465 e. The van der Waals surface area contributed by atoms with Crippen molar-refractivity contribution in [2.45, 2.75) is 6.54 Å². The van der Waals surface area contributed by atoms with Gasteiger partial charge in [-0.3, -0.25) is 4.79 Å². The number of aromatic nitrogens is 2. The maximum atomic E-state index is 11.5. The number of hydrogen-bond donors (Lipinski definition) is 0. The SMILES string of the molecule is COC(=O)c1cccc(Cn2cnc(C=O)c2)c1Cl. The van der Waals surface area contributed by atoms with E-state index >= 15 is 0 Å². The minimum absolute atomic E-state index is 0.317. The summed E-state index contributed by atoms with van der Waals surface area (Å²) < 4.78 is 6.37. The molecule has 0 aliphatic heterocycles. The number of ether oxygens (including phenoxy) is 1. The molecule has 0 fully saturated rings.